The summed E-state index contributed by atoms with van der Waals surface area (Å²) in [5.41, 5.74) is 1.33. The first-order chi connectivity index (χ1) is 16.2. The number of pyridine rings is 1. The number of benzene rings is 1. The molecule has 0 fully saturated rings. The average Bonchev–Trinajstić information content (AvgIpc) is 3.25. The van der Waals surface area contributed by atoms with Crippen LogP contribution in [0.5, 0.6) is 5.75 Å². The molecule has 0 saturated carbocycles. The summed E-state index contributed by atoms with van der Waals surface area (Å²) in [7, 11) is 0. The van der Waals surface area contributed by atoms with Crippen molar-refractivity contribution in [3.63, 3.8) is 0 Å². The number of alkyl halides is 4. The van der Waals surface area contributed by atoms with E-state index in [1.807, 2.05) is 6.92 Å². The van der Waals surface area contributed by atoms with Gasteiger partial charge in [-0.25, -0.2) is 4.39 Å². The summed E-state index contributed by atoms with van der Waals surface area (Å²) >= 11 is 0. The molecule has 0 spiro atoms. The Morgan fingerprint density at radius 3 is 2.76 bits per heavy atom. The van der Waals surface area contributed by atoms with E-state index in [4.69, 9.17) is 0 Å². The van der Waals surface area contributed by atoms with Crippen LogP contribution in [-0.4, -0.2) is 39.7 Å². The molecule has 2 heterocycles. The smallest absolute Gasteiger partial charge is 0.406 e. The van der Waals surface area contributed by atoms with Gasteiger partial charge in [0, 0.05) is 49.9 Å². The Hall–Kier alpha value is -3.40. The van der Waals surface area contributed by atoms with Gasteiger partial charge in [0.15, 0.2) is 12.1 Å². The zero-order chi connectivity index (χ0) is 24.7. The maximum Gasteiger partial charge on any atom is 0.573 e. The van der Waals surface area contributed by atoms with E-state index in [-0.39, 0.29) is 48.3 Å². The Morgan fingerprint density at radius 1 is 1.26 bits per heavy atom. The quantitative estimate of drug-likeness (QED) is 0.225. The molecule has 0 aliphatic carbocycles. The molecule has 0 radical (unpaired) electrons. The van der Waals surface area contributed by atoms with Crippen LogP contribution in [0.25, 0.3) is 0 Å². The summed E-state index contributed by atoms with van der Waals surface area (Å²) in [5, 5.41) is 12.0. The molecule has 182 valence electrons. The second kappa shape index (κ2) is 11.1. The average molecular weight is 479 g/mol. The highest BCUT2D eigenvalue weighted by molar-refractivity contribution is 6.12. The fraction of sp³-hybridized carbons (Fsp3) is 0.333. The van der Waals surface area contributed by atoms with E-state index in [0.29, 0.717) is 17.5 Å². The number of hydrogen-bond acceptors (Lipinski definition) is 5. The second-order valence-corrected chi connectivity index (χ2v) is 7.82. The zero-order valence-electron chi connectivity index (χ0n) is 18.4. The van der Waals surface area contributed by atoms with Crippen molar-refractivity contribution in [3.8, 4) is 5.75 Å². The molecule has 6 nitrogen and oxygen atoms in total. The van der Waals surface area contributed by atoms with Gasteiger partial charge in [0.2, 0.25) is 0 Å². The lowest BCUT2D eigenvalue weighted by molar-refractivity contribution is -0.274. The highest BCUT2D eigenvalue weighted by atomic mass is 19.4. The van der Waals surface area contributed by atoms with Crippen molar-refractivity contribution in [2.75, 3.05) is 11.9 Å². The number of aromatic nitrogens is 2. The van der Waals surface area contributed by atoms with Crippen LogP contribution in [0.1, 0.15) is 41.3 Å². The minimum atomic E-state index is -4.78. The van der Waals surface area contributed by atoms with E-state index < -0.39 is 12.7 Å². The number of nitrogens with zero attached hydrogens (tertiary/aromatic N) is 2. The van der Waals surface area contributed by atoms with Crippen molar-refractivity contribution < 1.29 is 32.2 Å². The zero-order valence-corrected chi connectivity index (χ0v) is 18.4. The predicted molar refractivity (Wildman–Crippen MR) is 118 cm³/mol. The van der Waals surface area contributed by atoms with Gasteiger partial charge in [0.05, 0.1) is 11.3 Å². The monoisotopic (exact) mass is 479 g/mol. The molecule has 2 aromatic heterocycles. The molecule has 2 atom stereocenters. The summed E-state index contributed by atoms with van der Waals surface area (Å²) < 4.78 is 57.5. The Kier molecular flexibility index (Phi) is 8.27. The lowest BCUT2D eigenvalue weighted by atomic mass is 10.0. The van der Waals surface area contributed by atoms with Crippen molar-refractivity contribution in [2.24, 2.45) is 5.92 Å². The molecule has 34 heavy (non-hydrogen) atoms. The van der Waals surface area contributed by atoms with Gasteiger partial charge in [-0.2, -0.15) is 0 Å². The topological polar surface area (TPSA) is 76.4 Å². The van der Waals surface area contributed by atoms with Crippen molar-refractivity contribution in [2.45, 2.75) is 39.0 Å². The minimum Gasteiger partial charge on any atom is -0.406 e. The molecule has 2 N–H and O–H groups in total. The first-order valence-electron chi connectivity index (χ1n) is 10.7. The molecule has 0 bridgehead atoms. The molecular formula is C24H25F4N3O3. The number of ether oxygens (including phenoxy) is 1. The molecule has 10 heteroatoms. The summed E-state index contributed by atoms with van der Waals surface area (Å²) in [4.78, 5) is 17.0. The number of aliphatic hydroxyl groups excluding tert-OH is 1. The number of nitrogens with one attached hydrogen (secondary N) is 1. The van der Waals surface area contributed by atoms with Crippen LogP contribution >= 0.6 is 0 Å². The molecule has 0 aliphatic rings. The van der Waals surface area contributed by atoms with E-state index in [1.54, 1.807) is 29.1 Å². The number of halogens is 4. The van der Waals surface area contributed by atoms with Crippen LogP contribution in [-0.2, 0) is 6.54 Å². The van der Waals surface area contributed by atoms with Crippen molar-refractivity contribution in [3.05, 3.63) is 77.9 Å². The lowest BCUT2D eigenvalue weighted by Crippen LogP contribution is -2.21. The Morgan fingerprint density at radius 2 is 2.06 bits per heavy atom. The third-order valence-corrected chi connectivity index (χ3v) is 5.26. The van der Waals surface area contributed by atoms with Gasteiger partial charge < -0.3 is 19.7 Å². The molecule has 0 saturated heterocycles. The summed E-state index contributed by atoms with van der Waals surface area (Å²) in [5.74, 6) is -0.908. The van der Waals surface area contributed by atoms with Crippen LogP contribution in [0, 0.1) is 5.92 Å². The Balaban J connectivity index is 1.72. The van der Waals surface area contributed by atoms with Crippen molar-refractivity contribution in [1.82, 2.24) is 9.55 Å². The second-order valence-electron chi connectivity index (χ2n) is 7.82. The van der Waals surface area contributed by atoms with Crippen molar-refractivity contribution >= 4 is 11.5 Å². The normalized spacial score (nSPS) is 13.4. The van der Waals surface area contributed by atoms with Crippen LogP contribution in [0.4, 0.5) is 23.2 Å². The number of carbonyl (C=O) groups excluding carboxylic acids is 1. The molecule has 3 aromatic rings. The molecule has 3 rings (SSSR count). The van der Waals surface area contributed by atoms with E-state index in [2.05, 4.69) is 15.0 Å². The standard InChI is InChI=1S/C24H25F4N3O3/c1-2-16(15-32)11-22(25)30-21-6-8-29-12-20(21)23(33)18-7-9-31(14-18)13-17-4-3-5-19(10-17)34-24(26,27)28/h3-10,12,14,16,22,32H,2,11,13,15H2,1H3,(H,29,30). The van der Waals surface area contributed by atoms with Crippen LogP contribution < -0.4 is 10.1 Å². The lowest BCUT2D eigenvalue weighted by Gasteiger charge is -2.18. The van der Waals surface area contributed by atoms with Crippen LogP contribution in [0.15, 0.2) is 61.2 Å². The van der Waals surface area contributed by atoms with Gasteiger partial charge in [0.25, 0.3) is 0 Å². The predicted octanol–water partition coefficient (Wildman–Crippen LogP) is 5.18. The van der Waals surface area contributed by atoms with Crippen LogP contribution in [0.3, 0.4) is 0 Å². The SMILES string of the molecule is CCC(CO)CC(F)Nc1ccncc1C(=O)c1ccn(Cc2cccc(OC(F)(F)F)c2)c1. The minimum absolute atomic E-state index is 0.0937. The fourth-order valence-electron chi connectivity index (χ4n) is 3.47. The molecular weight excluding hydrogens is 454 g/mol. The summed E-state index contributed by atoms with van der Waals surface area (Å²) in [6.45, 7) is 1.95. The van der Waals surface area contributed by atoms with Gasteiger partial charge in [-0.3, -0.25) is 9.78 Å². The van der Waals surface area contributed by atoms with E-state index >= 15 is 0 Å². The number of rotatable bonds is 11. The summed E-state index contributed by atoms with van der Waals surface area (Å²) in [6.07, 6.45) is 0.445. The highest BCUT2D eigenvalue weighted by Gasteiger charge is 2.31. The number of carbonyl (C=O) groups is 1. The highest BCUT2D eigenvalue weighted by Crippen LogP contribution is 2.25. The largest absolute Gasteiger partial charge is 0.573 e. The van der Waals surface area contributed by atoms with Crippen molar-refractivity contribution in [1.29, 1.82) is 0 Å². The number of aliphatic hydroxyl groups is 1. The van der Waals surface area contributed by atoms with Gasteiger partial charge in [-0.05, 0) is 35.7 Å². The Bertz CT molecular complexity index is 1100. The maximum atomic E-state index is 14.5. The van der Waals surface area contributed by atoms with Gasteiger partial charge in [-0.1, -0.05) is 25.5 Å². The first kappa shape index (κ1) is 25.2. The van der Waals surface area contributed by atoms with Crippen LogP contribution in [0.2, 0.25) is 0 Å². The maximum absolute atomic E-state index is 14.5. The molecule has 1 aromatic carbocycles. The third-order valence-electron chi connectivity index (χ3n) is 5.26. The first-order valence-corrected chi connectivity index (χ1v) is 10.7. The fourth-order valence-corrected chi connectivity index (χ4v) is 3.47. The van der Waals surface area contributed by atoms with Gasteiger partial charge in [-0.15, -0.1) is 13.2 Å². The van der Waals surface area contributed by atoms with E-state index in [0.717, 1.165) is 0 Å². The number of ketones is 1. The summed E-state index contributed by atoms with van der Waals surface area (Å²) in [6, 6.07) is 8.65. The Labute approximate surface area is 194 Å². The van der Waals surface area contributed by atoms with E-state index in [9.17, 15) is 27.5 Å². The molecule has 2 unspecified atom stereocenters. The number of anilines is 1. The van der Waals surface area contributed by atoms with Gasteiger partial charge >= 0.3 is 6.36 Å². The number of hydrogen-bond donors (Lipinski definition) is 2. The van der Waals surface area contributed by atoms with E-state index in [1.165, 1.54) is 36.7 Å². The molecule has 0 aliphatic heterocycles. The third kappa shape index (κ3) is 7.05. The van der Waals surface area contributed by atoms with Gasteiger partial charge in [0.1, 0.15) is 5.75 Å². The molecule has 0 amide bonds.